The van der Waals surface area contributed by atoms with Gasteiger partial charge in [-0.05, 0) is 43.5 Å². The van der Waals surface area contributed by atoms with Crippen LogP contribution in [0.5, 0.6) is 0 Å². The Morgan fingerprint density at radius 2 is 2.43 bits per heavy atom. The molecule has 78 valence electrons. The standard InChI is InChI=1S/C11H16ClNO/c1-13-10(5-4-8-2-3-8)9-6-7-14-11(9)12/h6-8,10,13H,2-5H2,1H3. The summed E-state index contributed by atoms with van der Waals surface area (Å²) in [7, 11) is 1.97. The summed E-state index contributed by atoms with van der Waals surface area (Å²) in [4.78, 5) is 0. The minimum absolute atomic E-state index is 0.349. The van der Waals surface area contributed by atoms with Crippen molar-refractivity contribution in [3.8, 4) is 0 Å². The fraction of sp³-hybridized carbons (Fsp3) is 0.636. The van der Waals surface area contributed by atoms with E-state index in [-0.39, 0.29) is 0 Å². The van der Waals surface area contributed by atoms with Crippen LogP contribution in [0.25, 0.3) is 0 Å². The largest absolute Gasteiger partial charge is 0.453 e. The first-order chi connectivity index (χ1) is 6.81. The summed E-state index contributed by atoms with van der Waals surface area (Å²) in [6.07, 6.45) is 6.93. The van der Waals surface area contributed by atoms with Gasteiger partial charge in [0.15, 0.2) is 5.22 Å². The molecule has 2 nitrogen and oxygen atoms in total. The van der Waals surface area contributed by atoms with E-state index in [0.717, 1.165) is 17.9 Å². The van der Waals surface area contributed by atoms with Crippen LogP contribution < -0.4 is 5.32 Å². The van der Waals surface area contributed by atoms with E-state index in [9.17, 15) is 0 Å². The molecule has 1 fully saturated rings. The zero-order valence-corrected chi connectivity index (χ0v) is 9.18. The normalized spacial score (nSPS) is 18.4. The highest BCUT2D eigenvalue weighted by atomic mass is 35.5. The van der Waals surface area contributed by atoms with E-state index in [1.807, 2.05) is 13.1 Å². The first kappa shape index (κ1) is 10.1. The van der Waals surface area contributed by atoms with E-state index in [1.165, 1.54) is 19.3 Å². The van der Waals surface area contributed by atoms with Gasteiger partial charge < -0.3 is 9.73 Å². The molecule has 1 unspecified atom stereocenters. The molecular formula is C11H16ClNO. The summed E-state index contributed by atoms with van der Waals surface area (Å²) in [5, 5.41) is 3.81. The maximum atomic E-state index is 5.94. The van der Waals surface area contributed by atoms with Crippen LogP contribution in [0.15, 0.2) is 16.7 Å². The van der Waals surface area contributed by atoms with E-state index < -0.39 is 0 Å². The molecule has 0 spiro atoms. The molecule has 1 N–H and O–H groups in total. The molecule has 1 aromatic heterocycles. The van der Waals surface area contributed by atoms with Crippen molar-refractivity contribution in [1.29, 1.82) is 0 Å². The third-order valence-corrected chi connectivity index (χ3v) is 3.24. The van der Waals surface area contributed by atoms with E-state index in [2.05, 4.69) is 5.32 Å². The zero-order valence-electron chi connectivity index (χ0n) is 8.42. The Labute approximate surface area is 89.6 Å². The van der Waals surface area contributed by atoms with Gasteiger partial charge in [0.05, 0.1) is 6.26 Å². The lowest BCUT2D eigenvalue weighted by Crippen LogP contribution is -2.16. The summed E-state index contributed by atoms with van der Waals surface area (Å²) in [5.74, 6) is 0.969. The van der Waals surface area contributed by atoms with Gasteiger partial charge >= 0.3 is 0 Å². The molecule has 1 aliphatic carbocycles. The van der Waals surface area contributed by atoms with Gasteiger partial charge in [0.2, 0.25) is 0 Å². The molecular weight excluding hydrogens is 198 g/mol. The summed E-state index contributed by atoms with van der Waals surface area (Å²) < 4.78 is 5.10. The zero-order chi connectivity index (χ0) is 9.97. The molecule has 0 saturated heterocycles. The molecule has 0 radical (unpaired) electrons. The molecule has 0 bridgehead atoms. The smallest absolute Gasteiger partial charge is 0.197 e. The third kappa shape index (κ3) is 2.31. The van der Waals surface area contributed by atoms with Crippen LogP contribution in [-0.2, 0) is 0 Å². The molecule has 14 heavy (non-hydrogen) atoms. The van der Waals surface area contributed by atoms with E-state index in [0.29, 0.717) is 11.3 Å². The lowest BCUT2D eigenvalue weighted by molar-refractivity contribution is 0.495. The summed E-state index contributed by atoms with van der Waals surface area (Å²) in [5.41, 5.74) is 1.09. The quantitative estimate of drug-likeness (QED) is 0.811. The molecule has 2 rings (SSSR count). The summed E-state index contributed by atoms with van der Waals surface area (Å²) in [6.45, 7) is 0. The molecule has 1 aliphatic rings. The Balaban J connectivity index is 1.93. The summed E-state index contributed by atoms with van der Waals surface area (Å²) in [6, 6.07) is 2.30. The Kier molecular flexibility index (Phi) is 3.14. The topological polar surface area (TPSA) is 25.2 Å². The van der Waals surface area contributed by atoms with E-state index in [1.54, 1.807) is 6.26 Å². The number of furan rings is 1. The van der Waals surface area contributed by atoms with Crippen molar-refractivity contribution in [2.75, 3.05) is 7.05 Å². The Bertz CT molecular complexity index is 293. The fourth-order valence-corrected chi connectivity index (χ4v) is 2.06. The van der Waals surface area contributed by atoms with Crippen LogP contribution in [0.4, 0.5) is 0 Å². The Hall–Kier alpha value is -0.470. The maximum absolute atomic E-state index is 5.94. The second-order valence-electron chi connectivity index (χ2n) is 4.01. The van der Waals surface area contributed by atoms with Crippen LogP contribution in [-0.4, -0.2) is 7.05 Å². The van der Waals surface area contributed by atoms with Crippen molar-refractivity contribution in [3.05, 3.63) is 23.1 Å². The van der Waals surface area contributed by atoms with Gasteiger partial charge in [-0.1, -0.05) is 12.8 Å². The first-order valence-corrected chi connectivity index (χ1v) is 5.59. The van der Waals surface area contributed by atoms with Gasteiger partial charge in [0, 0.05) is 11.6 Å². The second kappa shape index (κ2) is 4.37. The van der Waals surface area contributed by atoms with Gasteiger partial charge in [-0.25, -0.2) is 0 Å². The van der Waals surface area contributed by atoms with Crippen molar-refractivity contribution >= 4 is 11.6 Å². The number of nitrogens with one attached hydrogen (secondary N) is 1. The van der Waals surface area contributed by atoms with Crippen molar-refractivity contribution in [3.63, 3.8) is 0 Å². The molecule has 0 aliphatic heterocycles. The highest BCUT2D eigenvalue weighted by Crippen LogP contribution is 2.36. The van der Waals surface area contributed by atoms with Gasteiger partial charge in [0.25, 0.3) is 0 Å². The average Bonchev–Trinajstić information content (AvgIpc) is 2.92. The second-order valence-corrected chi connectivity index (χ2v) is 4.35. The molecule has 1 atom stereocenters. The van der Waals surface area contributed by atoms with Crippen LogP contribution in [0.1, 0.15) is 37.3 Å². The van der Waals surface area contributed by atoms with Crippen molar-refractivity contribution in [2.45, 2.75) is 31.7 Å². The third-order valence-electron chi connectivity index (χ3n) is 2.93. The monoisotopic (exact) mass is 213 g/mol. The van der Waals surface area contributed by atoms with Crippen LogP contribution in [0.3, 0.4) is 0 Å². The maximum Gasteiger partial charge on any atom is 0.197 e. The van der Waals surface area contributed by atoms with Crippen LogP contribution in [0, 0.1) is 5.92 Å². The lowest BCUT2D eigenvalue weighted by Gasteiger charge is -2.14. The lowest BCUT2D eigenvalue weighted by atomic mass is 10.0. The fourth-order valence-electron chi connectivity index (χ4n) is 1.82. The number of halogens is 1. The minimum Gasteiger partial charge on any atom is -0.453 e. The Morgan fingerprint density at radius 1 is 1.64 bits per heavy atom. The van der Waals surface area contributed by atoms with Gasteiger partial charge in [-0.3, -0.25) is 0 Å². The van der Waals surface area contributed by atoms with Gasteiger partial charge in [0.1, 0.15) is 0 Å². The number of hydrogen-bond donors (Lipinski definition) is 1. The highest BCUT2D eigenvalue weighted by Gasteiger charge is 2.23. The molecule has 1 saturated carbocycles. The predicted octanol–water partition coefficient (Wildman–Crippen LogP) is 3.38. The molecule has 0 aromatic carbocycles. The average molecular weight is 214 g/mol. The van der Waals surface area contributed by atoms with Gasteiger partial charge in [-0.2, -0.15) is 0 Å². The van der Waals surface area contributed by atoms with Crippen LogP contribution >= 0.6 is 11.6 Å². The first-order valence-electron chi connectivity index (χ1n) is 5.21. The van der Waals surface area contributed by atoms with Crippen molar-refractivity contribution in [2.24, 2.45) is 5.92 Å². The number of rotatable bonds is 5. The molecule has 1 heterocycles. The van der Waals surface area contributed by atoms with Crippen molar-refractivity contribution < 1.29 is 4.42 Å². The predicted molar refractivity (Wildman–Crippen MR) is 57.5 cm³/mol. The van der Waals surface area contributed by atoms with Crippen LogP contribution in [0.2, 0.25) is 5.22 Å². The molecule has 0 amide bonds. The SMILES string of the molecule is CNC(CCC1CC1)c1ccoc1Cl. The summed E-state index contributed by atoms with van der Waals surface area (Å²) >= 11 is 5.94. The molecule has 1 aromatic rings. The Morgan fingerprint density at radius 3 is 2.93 bits per heavy atom. The van der Waals surface area contributed by atoms with E-state index >= 15 is 0 Å². The number of hydrogen-bond acceptors (Lipinski definition) is 2. The van der Waals surface area contributed by atoms with Crippen molar-refractivity contribution in [1.82, 2.24) is 5.32 Å². The highest BCUT2D eigenvalue weighted by molar-refractivity contribution is 6.29. The molecule has 3 heteroatoms. The van der Waals surface area contributed by atoms with Gasteiger partial charge in [-0.15, -0.1) is 0 Å². The minimum atomic E-state index is 0.349. The van der Waals surface area contributed by atoms with E-state index in [4.69, 9.17) is 16.0 Å².